The van der Waals surface area contributed by atoms with E-state index in [4.69, 9.17) is 4.42 Å². The van der Waals surface area contributed by atoms with E-state index in [0.29, 0.717) is 5.54 Å². The molecular weight excluding hydrogens is 176 g/mol. The zero-order valence-corrected chi connectivity index (χ0v) is 8.68. The maximum atomic E-state index is 5.01. The molecule has 1 fully saturated rings. The van der Waals surface area contributed by atoms with Crippen LogP contribution in [0.25, 0.3) is 0 Å². The minimum absolute atomic E-state index is 0.295. The molecule has 14 heavy (non-hydrogen) atoms. The van der Waals surface area contributed by atoms with E-state index in [-0.39, 0.29) is 0 Å². The van der Waals surface area contributed by atoms with Gasteiger partial charge in [0, 0.05) is 24.2 Å². The van der Waals surface area contributed by atoms with Crippen molar-refractivity contribution in [2.24, 2.45) is 0 Å². The van der Waals surface area contributed by atoms with Gasteiger partial charge in [-0.3, -0.25) is 0 Å². The summed E-state index contributed by atoms with van der Waals surface area (Å²) in [6, 6.07) is 2.00. The third kappa shape index (κ3) is 2.36. The van der Waals surface area contributed by atoms with Crippen molar-refractivity contribution in [2.45, 2.75) is 31.8 Å². The van der Waals surface area contributed by atoms with Crippen molar-refractivity contribution in [3.8, 4) is 0 Å². The molecular formula is C11H18N2O. The van der Waals surface area contributed by atoms with E-state index in [9.17, 15) is 0 Å². The molecule has 3 nitrogen and oxygen atoms in total. The van der Waals surface area contributed by atoms with Crippen molar-refractivity contribution in [1.29, 1.82) is 0 Å². The summed E-state index contributed by atoms with van der Waals surface area (Å²) < 4.78 is 5.01. The third-order valence-electron chi connectivity index (χ3n) is 2.88. The molecule has 0 spiro atoms. The van der Waals surface area contributed by atoms with Crippen molar-refractivity contribution in [3.63, 3.8) is 0 Å². The van der Waals surface area contributed by atoms with Gasteiger partial charge in [0.2, 0.25) is 0 Å². The van der Waals surface area contributed by atoms with Crippen molar-refractivity contribution < 1.29 is 4.42 Å². The fraction of sp³-hybridized carbons (Fsp3) is 0.636. The average Bonchev–Trinajstić information content (AvgIpc) is 2.77. The normalized spacial score (nSPS) is 26.9. The third-order valence-corrected chi connectivity index (χ3v) is 2.88. The van der Waals surface area contributed by atoms with E-state index in [1.807, 2.05) is 6.07 Å². The van der Waals surface area contributed by atoms with Gasteiger partial charge < -0.3 is 15.1 Å². The lowest BCUT2D eigenvalue weighted by molar-refractivity contribution is 0.384. The van der Waals surface area contributed by atoms with Crippen LogP contribution < -0.4 is 10.6 Å². The summed E-state index contributed by atoms with van der Waals surface area (Å²) in [7, 11) is 0. The highest BCUT2D eigenvalue weighted by Gasteiger charge is 2.26. The van der Waals surface area contributed by atoms with Gasteiger partial charge in [0.25, 0.3) is 0 Å². The average molecular weight is 194 g/mol. The van der Waals surface area contributed by atoms with Crippen LogP contribution >= 0.6 is 0 Å². The Kier molecular flexibility index (Phi) is 2.89. The van der Waals surface area contributed by atoms with E-state index < -0.39 is 0 Å². The SMILES string of the molecule is CC1(CNCc2ccoc2)CCCN1. The monoisotopic (exact) mass is 194 g/mol. The Morgan fingerprint density at radius 3 is 3.21 bits per heavy atom. The minimum atomic E-state index is 0.295. The Bertz CT molecular complexity index is 263. The van der Waals surface area contributed by atoms with Crippen molar-refractivity contribution in [2.75, 3.05) is 13.1 Å². The molecule has 0 aliphatic carbocycles. The quantitative estimate of drug-likeness (QED) is 0.763. The molecule has 1 atom stereocenters. The molecule has 1 aliphatic heterocycles. The zero-order valence-electron chi connectivity index (χ0n) is 8.68. The van der Waals surface area contributed by atoms with Crippen LogP contribution in [0.15, 0.2) is 23.0 Å². The van der Waals surface area contributed by atoms with Gasteiger partial charge in [-0.15, -0.1) is 0 Å². The highest BCUT2D eigenvalue weighted by atomic mass is 16.3. The van der Waals surface area contributed by atoms with Crippen LogP contribution in [-0.4, -0.2) is 18.6 Å². The van der Waals surface area contributed by atoms with E-state index in [1.165, 1.54) is 18.4 Å². The van der Waals surface area contributed by atoms with Gasteiger partial charge in [-0.2, -0.15) is 0 Å². The fourth-order valence-electron chi connectivity index (χ4n) is 1.98. The summed E-state index contributed by atoms with van der Waals surface area (Å²) in [4.78, 5) is 0. The summed E-state index contributed by atoms with van der Waals surface area (Å²) in [6.07, 6.45) is 6.07. The smallest absolute Gasteiger partial charge is 0.0947 e. The molecule has 2 heterocycles. The van der Waals surface area contributed by atoms with Gasteiger partial charge in [-0.05, 0) is 32.4 Å². The molecule has 1 saturated heterocycles. The van der Waals surface area contributed by atoms with Gasteiger partial charge in [-0.25, -0.2) is 0 Å². The molecule has 3 heteroatoms. The first kappa shape index (κ1) is 9.74. The predicted octanol–water partition coefficient (Wildman–Crippen LogP) is 1.51. The van der Waals surface area contributed by atoms with Crippen molar-refractivity contribution in [1.82, 2.24) is 10.6 Å². The van der Waals surface area contributed by atoms with Crippen molar-refractivity contribution >= 4 is 0 Å². The Morgan fingerprint density at radius 1 is 1.64 bits per heavy atom. The van der Waals surface area contributed by atoms with Crippen LogP contribution in [0.5, 0.6) is 0 Å². The molecule has 0 aromatic carbocycles. The van der Waals surface area contributed by atoms with E-state index in [2.05, 4.69) is 17.6 Å². The molecule has 0 amide bonds. The molecule has 1 aliphatic rings. The molecule has 2 rings (SSSR count). The summed E-state index contributed by atoms with van der Waals surface area (Å²) in [5.74, 6) is 0. The lowest BCUT2D eigenvalue weighted by Crippen LogP contribution is -2.45. The predicted molar refractivity (Wildman–Crippen MR) is 56.1 cm³/mol. The fourth-order valence-corrected chi connectivity index (χ4v) is 1.98. The minimum Gasteiger partial charge on any atom is -0.472 e. The highest BCUT2D eigenvalue weighted by Crippen LogP contribution is 2.17. The van der Waals surface area contributed by atoms with Gasteiger partial charge in [0.1, 0.15) is 0 Å². The van der Waals surface area contributed by atoms with Gasteiger partial charge in [0.15, 0.2) is 0 Å². The molecule has 0 radical (unpaired) electrons. The number of nitrogens with one attached hydrogen (secondary N) is 2. The maximum absolute atomic E-state index is 5.01. The second-order valence-corrected chi connectivity index (χ2v) is 4.33. The molecule has 2 N–H and O–H groups in total. The Labute approximate surface area is 84.9 Å². The molecule has 1 aromatic rings. The van der Waals surface area contributed by atoms with E-state index in [1.54, 1.807) is 12.5 Å². The first-order valence-electron chi connectivity index (χ1n) is 5.25. The molecule has 1 unspecified atom stereocenters. The highest BCUT2D eigenvalue weighted by molar-refractivity contribution is 5.05. The van der Waals surface area contributed by atoms with Gasteiger partial charge in [-0.1, -0.05) is 0 Å². The Hall–Kier alpha value is -0.800. The summed E-state index contributed by atoms with van der Waals surface area (Å²) in [5.41, 5.74) is 1.51. The summed E-state index contributed by atoms with van der Waals surface area (Å²) in [5, 5.41) is 6.97. The van der Waals surface area contributed by atoms with Crippen LogP contribution in [0, 0.1) is 0 Å². The molecule has 0 saturated carbocycles. The maximum Gasteiger partial charge on any atom is 0.0947 e. The van der Waals surface area contributed by atoms with Gasteiger partial charge in [0.05, 0.1) is 12.5 Å². The number of hydrogen-bond donors (Lipinski definition) is 2. The molecule has 1 aromatic heterocycles. The second kappa shape index (κ2) is 4.15. The first-order chi connectivity index (χ1) is 6.79. The first-order valence-corrected chi connectivity index (χ1v) is 5.25. The molecule has 0 bridgehead atoms. The zero-order chi connectivity index (χ0) is 9.86. The van der Waals surface area contributed by atoms with Crippen LogP contribution in [0.4, 0.5) is 0 Å². The number of furan rings is 1. The summed E-state index contributed by atoms with van der Waals surface area (Å²) >= 11 is 0. The standard InChI is InChI=1S/C11H18N2O/c1-11(4-2-5-13-11)9-12-7-10-3-6-14-8-10/h3,6,8,12-13H,2,4-5,7,9H2,1H3. The van der Waals surface area contributed by atoms with E-state index >= 15 is 0 Å². The van der Waals surface area contributed by atoms with Crippen LogP contribution in [0.1, 0.15) is 25.3 Å². The second-order valence-electron chi connectivity index (χ2n) is 4.33. The van der Waals surface area contributed by atoms with Crippen LogP contribution in [0.3, 0.4) is 0 Å². The molecule has 78 valence electrons. The Morgan fingerprint density at radius 2 is 2.57 bits per heavy atom. The summed E-state index contributed by atoms with van der Waals surface area (Å²) in [6.45, 7) is 5.36. The lowest BCUT2D eigenvalue weighted by atomic mass is 10.0. The number of hydrogen-bond acceptors (Lipinski definition) is 3. The van der Waals surface area contributed by atoms with Crippen LogP contribution in [0.2, 0.25) is 0 Å². The topological polar surface area (TPSA) is 37.2 Å². The lowest BCUT2D eigenvalue weighted by Gasteiger charge is -2.24. The van der Waals surface area contributed by atoms with Crippen LogP contribution in [-0.2, 0) is 6.54 Å². The number of rotatable bonds is 4. The largest absolute Gasteiger partial charge is 0.472 e. The van der Waals surface area contributed by atoms with E-state index in [0.717, 1.165) is 19.6 Å². The van der Waals surface area contributed by atoms with Gasteiger partial charge >= 0.3 is 0 Å². The van der Waals surface area contributed by atoms with Crippen molar-refractivity contribution in [3.05, 3.63) is 24.2 Å². The Balaban J connectivity index is 1.72.